The summed E-state index contributed by atoms with van der Waals surface area (Å²) in [6.45, 7) is 3.82. The van der Waals surface area contributed by atoms with Crippen LogP contribution in [0.25, 0.3) is 6.08 Å². The van der Waals surface area contributed by atoms with E-state index in [1.165, 1.54) is 5.56 Å². The predicted molar refractivity (Wildman–Crippen MR) is 78.9 cm³/mol. The molecule has 0 aromatic heterocycles. The molecule has 3 nitrogen and oxygen atoms in total. The van der Waals surface area contributed by atoms with Crippen LogP contribution >= 0.6 is 0 Å². The summed E-state index contributed by atoms with van der Waals surface area (Å²) >= 11 is 0. The van der Waals surface area contributed by atoms with Gasteiger partial charge in [0, 0.05) is 25.2 Å². The largest absolute Gasteiger partial charge is 0.335 e. The number of likely N-dealkylation sites (tertiary alicyclic amines) is 1. The van der Waals surface area contributed by atoms with Crippen LogP contribution in [0.4, 0.5) is 0 Å². The van der Waals surface area contributed by atoms with Crippen molar-refractivity contribution in [2.45, 2.75) is 25.8 Å². The molecule has 0 radical (unpaired) electrons. The summed E-state index contributed by atoms with van der Waals surface area (Å²) in [5, 5.41) is 3.16. The summed E-state index contributed by atoms with van der Waals surface area (Å²) in [5.41, 5.74) is 2.29. The van der Waals surface area contributed by atoms with E-state index in [0.717, 1.165) is 31.5 Å². The van der Waals surface area contributed by atoms with Crippen LogP contribution in [0.15, 0.2) is 30.3 Å². The van der Waals surface area contributed by atoms with Crippen LogP contribution in [0.1, 0.15) is 24.0 Å². The lowest BCUT2D eigenvalue weighted by atomic mass is 10.1. The maximum Gasteiger partial charge on any atom is 0.246 e. The summed E-state index contributed by atoms with van der Waals surface area (Å²) in [6, 6.07) is 8.52. The van der Waals surface area contributed by atoms with Gasteiger partial charge in [-0.3, -0.25) is 4.79 Å². The summed E-state index contributed by atoms with van der Waals surface area (Å²) in [4.78, 5) is 14.2. The summed E-state index contributed by atoms with van der Waals surface area (Å²) < 4.78 is 0. The molecule has 1 aliphatic rings. The highest BCUT2D eigenvalue weighted by Gasteiger charge is 2.26. The third-order valence-corrected chi connectivity index (χ3v) is 3.56. The van der Waals surface area contributed by atoms with Gasteiger partial charge in [0.1, 0.15) is 0 Å². The Morgan fingerprint density at radius 2 is 2.37 bits per heavy atom. The van der Waals surface area contributed by atoms with Gasteiger partial charge >= 0.3 is 0 Å². The third-order valence-electron chi connectivity index (χ3n) is 3.56. The molecule has 1 N–H and O–H groups in total. The molecule has 0 bridgehead atoms. The molecule has 1 atom stereocenters. The van der Waals surface area contributed by atoms with Crippen molar-refractivity contribution in [1.82, 2.24) is 10.2 Å². The number of likely N-dealkylation sites (N-methyl/N-ethyl adjacent to an activating group) is 1. The molecule has 1 heterocycles. The molecule has 1 unspecified atom stereocenters. The minimum absolute atomic E-state index is 0.124. The number of carbonyl (C=O) groups excluding carboxylic acids is 1. The zero-order valence-corrected chi connectivity index (χ0v) is 11.7. The molecule has 0 aliphatic carbocycles. The van der Waals surface area contributed by atoms with Crippen LogP contribution in [-0.2, 0) is 4.79 Å². The molecule has 19 heavy (non-hydrogen) atoms. The smallest absolute Gasteiger partial charge is 0.246 e. The van der Waals surface area contributed by atoms with Gasteiger partial charge in [0.2, 0.25) is 5.91 Å². The number of hydrogen-bond donors (Lipinski definition) is 1. The van der Waals surface area contributed by atoms with E-state index in [-0.39, 0.29) is 5.91 Å². The Balaban J connectivity index is 2.00. The monoisotopic (exact) mass is 258 g/mol. The van der Waals surface area contributed by atoms with Crippen molar-refractivity contribution < 1.29 is 4.79 Å². The molecule has 1 aromatic rings. The van der Waals surface area contributed by atoms with Crippen LogP contribution in [0.2, 0.25) is 0 Å². The second kappa shape index (κ2) is 6.53. The minimum Gasteiger partial charge on any atom is -0.335 e. The van der Waals surface area contributed by atoms with Crippen LogP contribution in [0.3, 0.4) is 0 Å². The molecule has 1 aromatic carbocycles. The number of carbonyl (C=O) groups is 1. The SMILES string of the molecule is CNCC1CCCN1C(=O)C=Cc1cccc(C)c1. The highest BCUT2D eigenvalue weighted by molar-refractivity contribution is 5.92. The van der Waals surface area contributed by atoms with Crippen molar-refractivity contribution in [1.29, 1.82) is 0 Å². The third kappa shape index (κ3) is 3.67. The van der Waals surface area contributed by atoms with E-state index >= 15 is 0 Å². The second-order valence-corrected chi connectivity index (χ2v) is 5.13. The van der Waals surface area contributed by atoms with E-state index in [4.69, 9.17) is 0 Å². The topological polar surface area (TPSA) is 32.3 Å². The van der Waals surface area contributed by atoms with Crippen LogP contribution in [-0.4, -0.2) is 37.0 Å². The number of amides is 1. The fraction of sp³-hybridized carbons (Fsp3) is 0.438. The van der Waals surface area contributed by atoms with Crippen LogP contribution in [0, 0.1) is 6.92 Å². The Kier molecular flexibility index (Phi) is 4.74. The van der Waals surface area contributed by atoms with Gasteiger partial charge in [-0.05, 0) is 38.5 Å². The van der Waals surface area contributed by atoms with Gasteiger partial charge in [-0.1, -0.05) is 29.8 Å². The van der Waals surface area contributed by atoms with Gasteiger partial charge in [-0.15, -0.1) is 0 Å². The second-order valence-electron chi connectivity index (χ2n) is 5.13. The zero-order chi connectivity index (χ0) is 13.7. The Hall–Kier alpha value is -1.61. The summed E-state index contributed by atoms with van der Waals surface area (Å²) in [7, 11) is 1.93. The summed E-state index contributed by atoms with van der Waals surface area (Å²) in [6.07, 6.45) is 5.81. The van der Waals surface area contributed by atoms with Gasteiger partial charge in [0.15, 0.2) is 0 Å². The van der Waals surface area contributed by atoms with Gasteiger partial charge in [-0.2, -0.15) is 0 Å². The lowest BCUT2D eigenvalue weighted by molar-refractivity contribution is -0.126. The van der Waals surface area contributed by atoms with Gasteiger partial charge in [0.05, 0.1) is 0 Å². The average molecular weight is 258 g/mol. The first-order chi connectivity index (χ1) is 9.20. The first-order valence-corrected chi connectivity index (χ1v) is 6.90. The lowest BCUT2D eigenvalue weighted by Gasteiger charge is -2.23. The molecule has 102 valence electrons. The van der Waals surface area contributed by atoms with Gasteiger partial charge in [0.25, 0.3) is 0 Å². The Morgan fingerprint density at radius 1 is 1.53 bits per heavy atom. The molecule has 0 spiro atoms. The minimum atomic E-state index is 0.124. The van der Waals surface area contributed by atoms with E-state index in [2.05, 4.69) is 24.4 Å². The number of nitrogens with one attached hydrogen (secondary N) is 1. The van der Waals surface area contributed by atoms with E-state index < -0.39 is 0 Å². The maximum absolute atomic E-state index is 12.2. The number of hydrogen-bond acceptors (Lipinski definition) is 2. The number of aryl methyl sites for hydroxylation is 1. The van der Waals surface area contributed by atoms with Crippen molar-refractivity contribution in [3.63, 3.8) is 0 Å². The van der Waals surface area contributed by atoms with Crippen LogP contribution in [0.5, 0.6) is 0 Å². The fourth-order valence-corrected chi connectivity index (χ4v) is 2.61. The molecule has 3 heteroatoms. The standard InChI is InChI=1S/C16H22N2O/c1-13-5-3-6-14(11-13)8-9-16(19)18-10-4-7-15(18)12-17-2/h3,5-6,8-9,11,15,17H,4,7,10,12H2,1-2H3. The molecule has 2 rings (SSSR count). The molecule has 1 amide bonds. The highest BCUT2D eigenvalue weighted by atomic mass is 16.2. The summed E-state index contributed by atoms with van der Waals surface area (Å²) in [5.74, 6) is 0.124. The first-order valence-electron chi connectivity index (χ1n) is 6.90. The highest BCUT2D eigenvalue weighted by Crippen LogP contribution is 2.17. The Labute approximate surface area is 115 Å². The van der Waals surface area contributed by atoms with Crippen LogP contribution < -0.4 is 5.32 Å². The molecular formula is C16H22N2O. The number of nitrogens with zero attached hydrogens (tertiary/aromatic N) is 1. The molecular weight excluding hydrogens is 236 g/mol. The quantitative estimate of drug-likeness (QED) is 0.840. The molecule has 0 saturated carbocycles. The Bertz CT molecular complexity index is 468. The zero-order valence-electron chi connectivity index (χ0n) is 11.7. The predicted octanol–water partition coefficient (Wildman–Crippen LogP) is 2.22. The first kappa shape index (κ1) is 13.8. The van der Waals surface area contributed by atoms with E-state index in [9.17, 15) is 4.79 Å². The molecule has 1 fully saturated rings. The van der Waals surface area contributed by atoms with Crippen molar-refractivity contribution in [2.24, 2.45) is 0 Å². The number of rotatable bonds is 4. The van der Waals surface area contributed by atoms with E-state index in [1.807, 2.05) is 30.2 Å². The Morgan fingerprint density at radius 3 is 3.11 bits per heavy atom. The normalized spacial score (nSPS) is 19.3. The van der Waals surface area contributed by atoms with Crippen molar-refractivity contribution in [3.05, 3.63) is 41.5 Å². The van der Waals surface area contributed by atoms with Gasteiger partial charge < -0.3 is 10.2 Å². The fourth-order valence-electron chi connectivity index (χ4n) is 2.61. The maximum atomic E-state index is 12.2. The van der Waals surface area contributed by atoms with Crippen molar-refractivity contribution in [2.75, 3.05) is 20.1 Å². The average Bonchev–Trinajstić information content (AvgIpc) is 2.85. The van der Waals surface area contributed by atoms with Crippen molar-refractivity contribution >= 4 is 12.0 Å². The molecule has 1 saturated heterocycles. The lowest BCUT2D eigenvalue weighted by Crippen LogP contribution is -2.39. The van der Waals surface area contributed by atoms with Gasteiger partial charge in [-0.25, -0.2) is 0 Å². The van der Waals surface area contributed by atoms with E-state index in [0.29, 0.717) is 6.04 Å². The van der Waals surface area contributed by atoms with Crippen molar-refractivity contribution in [3.8, 4) is 0 Å². The number of benzene rings is 1. The molecule has 1 aliphatic heterocycles. The van der Waals surface area contributed by atoms with E-state index in [1.54, 1.807) is 6.08 Å².